The third-order valence-corrected chi connectivity index (χ3v) is 4.82. The van der Waals surface area contributed by atoms with Gasteiger partial charge >= 0.3 is 0 Å². The molecule has 8 heteroatoms. The molecule has 0 atom stereocenters. The van der Waals surface area contributed by atoms with Crippen LogP contribution in [0.15, 0.2) is 47.4 Å². The highest BCUT2D eigenvalue weighted by Crippen LogP contribution is 2.34. The van der Waals surface area contributed by atoms with Crippen molar-refractivity contribution in [2.24, 2.45) is 0 Å². The molecule has 1 aliphatic rings. The number of imide groups is 1. The van der Waals surface area contributed by atoms with E-state index >= 15 is 0 Å². The van der Waals surface area contributed by atoms with E-state index in [2.05, 4.69) is 5.32 Å². The van der Waals surface area contributed by atoms with Crippen LogP contribution in [0.1, 0.15) is 5.56 Å². The van der Waals surface area contributed by atoms with Gasteiger partial charge in [-0.15, -0.1) is 0 Å². The predicted octanol–water partition coefficient (Wildman–Crippen LogP) is 4.16. The first-order chi connectivity index (χ1) is 12.5. The summed E-state index contributed by atoms with van der Waals surface area (Å²) in [5.74, 6) is -0.0826. The fraction of sp³-hybridized carbons (Fsp3) is 0.111. The molecule has 134 valence electrons. The van der Waals surface area contributed by atoms with Crippen molar-refractivity contribution < 1.29 is 19.4 Å². The number of rotatable bonds is 5. The zero-order chi connectivity index (χ0) is 18.7. The number of nitrogens with zero attached hydrogens (tertiary/aromatic N) is 1. The Bertz CT molecular complexity index is 883. The van der Waals surface area contributed by atoms with Crippen LogP contribution in [-0.2, 0) is 4.79 Å². The van der Waals surface area contributed by atoms with E-state index in [0.29, 0.717) is 21.2 Å². The van der Waals surface area contributed by atoms with Gasteiger partial charge in [0.15, 0.2) is 11.5 Å². The number of aromatic hydroxyl groups is 1. The molecule has 0 unspecified atom stereocenters. The molecule has 3 rings (SSSR count). The van der Waals surface area contributed by atoms with Gasteiger partial charge in [0, 0.05) is 10.7 Å². The second kappa shape index (κ2) is 7.72. The van der Waals surface area contributed by atoms with Gasteiger partial charge in [0.1, 0.15) is 0 Å². The molecule has 0 bridgehead atoms. The number of phenolic OH excluding ortho intramolecular Hbond substituents is 1. The van der Waals surface area contributed by atoms with Gasteiger partial charge in [-0.3, -0.25) is 14.5 Å². The number of nitrogens with one attached hydrogen (secondary N) is 1. The lowest BCUT2D eigenvalue weighted by atomic mass is 10.2. The summed E-state index contributed by atoms with van der Waals surface area (Å²) in [5, 5.41) is 12.9. The van der Waals surface area contributed by atoms with Gasteiger partial charge in [-0.25, -0.2) is 0 Å². The number of hydrogen-bond donors (Lipinski definition) is 2. The number of amides is 2. The van der Waals surface area contributed by atoms with E-state index in [1.54, 1.807) is 42.5 Å². The molecule has 1 heterocycles. The van der Waals surface area contributed by atoms with Gasteiger partial charge in [-0.1, -0.05) is 17.7 Å². The van der Waals surface area contributed by atoms with Crippen molar-refractivity contribution in [2.75, 3.05) is 19.1 Å². The topological polar surface area (TPSA) is 78.9 Å². The Morgan fingerprint density at radius 2 is 1.96 bits per heavy atom. The maximum Gasteiger partial charge on any atom is 0.295 e. The third kappa shape index (κ3) is 3.95. The Hall–Kier alpha value is -2.64. The zero-order valence-corrected chi connectivity index (χ0v) is 15.3. The summed E-state index contributed by atoms with van der Waals surface area (Å²) >= 11 is 6.70. The molecule has 6 nitrogen and oxygen atoms in total. The van der Waals surface area contributed by atoms with E-state index in [4.69, 9.17) is 16.3 Å². The average Bonchev–Trinajstić information content (AvgIpc) is 2.89. The number of anilines is 1. The van der Waals surface area contributed by atoms with Crippen LogP contribution in [0.4, 0.5) is 10.5 Å². The van der Waals surface area contributed by atoms with Crippen LogP contribution >= 0.6 is 23.4 Å². The summed E-state index contributed by atoms with van der Waals surface area (Å²) in [6.45, 7) is 0.0581. The molecule has 0 spiro atoms. The lowest BCUT2D eigenvalue weighted by Crippen LogP contribution is -2.33. The van der Waals surface area contributed by atoms with Crippen LogP contribution < -0.4 is 10.1 Å². The largest absolute Gasteiger partial charge is 0.504 e. The number of carbonyl (C=O) groups excluding carboxylic acids is 2. The van der Waals surface area contributed by atoms with Crippen molar-refractivity contribution in [3.63, 3.8) is 0 Å². The number of ether oxygens (including phenoxy) is 1. The van der Waals surface area contributed by atoms with Crippen molar-refractivity contribution in [3.05, 3.63) is 58.0 Å². The summed E-state index contributed by atoms with van der Waals surface area (Å²) < 4.78 is 5.05. The van der Waals surface area contributed by atoms with Crippen molar-refractivity contribution >= 4 is 46.3 Å². The van der Waals surface area contributed by atoms with Gasteiger partial charge in [0.2, 0.25) is 0 Å². The molecule has 2 N–H and O–H groups in total. The minimum Gasteiger partial charge on any atom is -0.504 e. The number of methoxy groups -OCH3 is 1. The molecule has 2 aromatic carbocycles. The molecule has 1 fully saturated rings. The lowest BCUT2D eigenvalue weighted by molar-refractivity contribution is -0.122. The highest BCUT2D eigenvalue weighted by molar-refractivity contribution is 8.18. The zero-order valence-electron chi connectivity index (χ0n) is 13.7. The van der Waals surface area contributed by atoms with Gasteiger partial charge in [-0.2, -0.15) is 0 Å². The summed E-state index contributed by atoms with van der Waals surface area (Å²) in [7, 11) is 1.44. The Kier molecular flexibility index (Phi) is 5.39. The van der Waals surface area contributed by atoms with Gasteiger partial charge < -0.3 is 15.2 Å². The third-order valence-electron chi connectivity index (χ3n) is 3.66. The minimum absolute atomic E-state index is 0.00455. The molecule has 0 aliphatic carbocycles. The molecule has 0 aromatic heterocycles. The number of phenols is 1. The minimum atomic E-state index is -0.381. The summed E-state index contributed by atoms with van der Waals surface area (Å²) in [4.78, 5) is 26.1. The van der Waals surface area contributed by atoms with E-state index in [9.17, 15) is 14.7 Å². The quantitative estimate of drug-likeness (QED) is 0.746. The number of benzene rings is 2. The molecular weight excluding hydrogens is 376 g/mol. The van der Waals surface area contributed by atoms with Gasteiger partial charge in [0.25, 0.3) is 11.1 Å². The maximum atomic E-state index is 12.5. The molecular formula is C18H15ClN2O4S. The number of carbonyl (C=O) groups is 2. The van der Waals surface area contributed by atoms with E-state index in [-0.39, 0.29) is 23.6 Å². The van der Waals surface area contributed by atoms with Crippen LogP contribution in [-0.4, -0.2) is 34.9 Å². The predicted molar refractivity (Wildman–Crippen MR) is 102 cm³/mol. The standard InChI is InChI=1S/C18H15ClN2O4S/c1-25-15-8-11(2-7-14(15)22)9-16-17(23)21(18(24)26-16)10-20-13-5-3-12(19)4-6-13/h2-9,20,22H,10H2,1H3/b16-9+. The smallest absolute Gasteiger partial charge is 0.295 e. The fourth-order valence-corrected chi connectivity index (χ4v) is 3.27. The average molecular weight is 391 g/mol. The van der Waals surface area contributed by atoms with Crippen molar-refractivity contribution in [1.29, 1.82) is 0 Å². The Balaban J connectivity index is 1.72. The van der Waals surface area contributed by atoms with Crippen LogP contribution in [0.5, 0.6) is 11.5 Å². The first-order valence-corrected chi connectivity index (χ1v) is 8.79. The highest BCUT2D eigenvalue weighted by Gasteiger charge is 2.34. The summed E-state index contributed by atoms with van der Waals surface area (Å²) in [6.07, 6.45) is 1.59. The molecule has 2 aromatic rings. The lowest BCUT2D eigenvalue weighted by Gasteiger charge is -2.14. The van der Waals surface area contributed by atoms with Crippen LogP contribution in [0.25, 0.3) is 6.08 Å². The van der Waals surface area contributed by atoms with Crippen LogP contribution in [0.2, 0.25) is 5.02 Å². The monoisotopic (exact) mass is 390 g/mol. The molecule has 0 saturated carbocycles. The van der Waals surface area contributed by atoms with Crippen molar-refractivity contribution in [3.8, 4) is 11.5 Å². The van der Waals surface area contributed by atoms with E-state index in [1.165, 1.54) is 13.2 Å². The Morgan fingerprint density at radius 1 is 1.23 bits per heavy atom. The van der Waals surface area contributed by atoms with Crippen LogP contribution in [0.3, 0.4) is 0 Å². The Morgan fingerprint density at radius 3 is 2.65 bits per heavy atom. The van der Waals surface area contributed by atoms with E-state index < -0.39 is 0 Å². The molecule has 0 radical (unpaired) electrons. The number of halogens is 1. The Labute approximate surface area is 159 Å². The van der Waals surface area contributed by atoms with E-state index in [1.807, 2.05) is 0 Å². The second-order valence-corrected chi connectivity index (χ2v) is 6.81. The van der Waals surface area contributed by atoms with E-state index in [0.717, 1.165) is 22.3 Å². The van der Waals surface area contributed by atoms with Crippen LogP contribution in [0, 0.1) is 0 Å². The molecule has 1 saturated heterocycles. The normalized spacial score (nSPS) is 15.6. The maximum absolute atomic E-state index is 12.5. The number of thioether (sulfide) groups is 1. The molecule has 26 heavy (non-hydrogen) atoms. The second-order valence-electron chi connectivity index (χ2n) is 5.38. The summed E-state index contributed by atoms with van der Waals surface area (Å²) in [5.41, 5.74) is 1.40. The summed E-state index contributed by atoms with van der Waals surface area (Å²) in [6, 6.07) is 11.7. The van der Waals surface area contributed by atoms with Crippen molar-refractivity contribution in [2.45, 2.75) is 0 Å². The van der Waals surface area contributed by atoms with Crippen molar-refractivity contribution in [1.82, 2.24) is 4.90 Å². The molecule has 1 aliphatic heterocycles. The molecule has 2 amide bonds. The number of hydrogen-bond acceptors (Lipinski definition) is 6. The first kappa shape index (κ1) is 18.2. The SMILES string of the molecule is COc1cc(/C=C2/SC(=O)N(CNc3ccc(Cl)cc3)C2=O)ccc1O. The van der Waals surface area contributed by atoms with Gasteiger partial charge in [-0.05, 0) is 59.8 Å². The van der Waals surface area contributed by atoms with Gasteiger partial charge in [0.05, 0.1) is 18.7 Å². The first-order valence-electron chi connectivity index (χ1n) is 7.60. The fourth-order valence-electron chi connectivity index (χ4n) is 2.31. The highest BCUT2D eigenvalue weighted by atomic mass is 35.5.